The Labute approximate surface area is 98.9 Å². The number of hydrogen-bond acceptors (Lipinski definition) is 1. The maximum absolute atomic E-state index is 6.09. The highest BCUT2D eigenvalue weighted by Crippen LogP contribution is 2.77. The summed E-state index contributed by atoms with van der Waals surface area (Å²) in [7, 11) is 0. The standard InChI is InChI=1S/C15H24O/c1-9-5-6-10-13(2,3)11-7-15(9,10)8-12-14(11,4)16-12/h9-12H,5-8H2,1-4H3/t9-,10+,11+,12-,14-,15-/m1/s1. The fourth-order valence-electron chi connectivity index (χ4n) is 6.21. The van der Waals surface area contributed by atoms with Crippen molar-refractivity contribution in [3.63, 3.8) is 0 Å². The van der Waals surface area contributed by atoms with E-state index in [-0.39, 0.29) is 5.60 Å². The van der Waals surface area contributed by atoms with Gasteiger partial charge in [-0.25, -0.2) is 0 Å². The van der Waals surface area contributed by atoms with E-state index in [4.69, 9.17) is 4.74 Å². The highest BCUT2D eigenvalue weighted by atomic mass is 16.6. The van der Waals surface area contributed by atoms with Crippen molar-refractivity contribution in [2.45, 2.75) is 65.1 Å². The third-order valence-corrected chi connectivity index (χ3v) is 7.18. The molecule has 1 saturated heterocycles. The van der Waals surface area contributed by atoms with E-state index in [9.17, 15) is 0 Å². The van der Waals surface area contributed by atoms with Gasteiger partial charge in [0, 0.05) is 0 Å². The molecule has 4 rings (SSSR count). The van der Waals surface area contributed by atoms with Crippen LogP contribution in [0.25, 0.3) is 0 Å². The Morgan fingerprint density at radius 2 is 1.75 bits per heavy atom. The van der Waals surface area contributed by atoms with Crippen molar-refractivity contribution in [2.75, 3.05) is 0 Å². The summed E-state index contributed by atoms with van der Waals surface area (Å²) in [5, 5.41) is 0. The molecule has 3 aliphatic carbocycles. The highest BCUT2D eigenvalue weighted by Gasteiger charge is 2.76. The molecule has 4 fully saturated rings. The van der Waals surface area contributed by atoms with Gasteiger partial charge >= 0.3 is 0 Å². The molecule has 0 aromatic heterocycles. The summed E-state index contributed by atoms with van der Waals surface area (Å²) >= 11 is 0. The number of epoxide rings is 1. The van der Waals surface area contributed by atoms with Gasteiger partial charge in [0.05, 0.1) is 11.7 Å². The molecule has 1 spiro atoms. The van der Waals surface area contributed by atoms with Crippen molar-refractivity contribution >= 4 is 0 Å². The van der Waals surface area contributed by atoms with Crippen LogP contribution in [0.4, 0.5) is 0 Å². The summed E-state index contributed by atoms with van der Waals surface area (Å²) in [5.41, 5.74) is 1.44. The molecule has 2 bridgehead atoms. The molecule has 1 aliphatic heterocycles. The summed E-state index contributed by atoms with van der Waals surface area (Å²) in [6.07, 6.45) is 6.38. The SMILES string of the molecule is C[C@@H]1CC[C@H]2C(C)(C)[C@@H]3C[C@@]12C[C@H]1O[C@@]13C. The first-order valence-electron chi connectivity index (χ1n) is 7.09. The summed E-state index contributed by atoms with van der Waals surface area (Å²) in [6.45, 7) is 9.93. The Kier molecular flexibility index (Phi) is 1.48. The fraction of sp³-hybridized carbons (Fsp3) is 1.00. The van der Waals surface area contributed by atoms with Gasteiger partial charge in [-0.1, -0.05) is 20.8 Å². The average Bonchev–Trinajstić information content (AvgIpc) is 2.67. The topological polar surface area (TPSA) is 12.5 Å². The Morgan fingerprint density at radius 1 is 1.00 bits per heavy atom. The monoisotopic (exact) mass is 220 g/mol. The normalized spacial score (nSPS) is 65.2. The van der Waals surface area contributed by atoms with Gasteiger partial charge in [0.25, 0.3) is 0 Å². The molecule has 0 unspecified atom stereocenters. The first-order chi connectivity index (χ1) is 7.41. The van der Waals surface area contributed by atoms with E-state index in [0.29, 0.717) is 16.9 Å². The molecule has 0 radical (unpaired) electrons. The van der Waals surface area contributed by atoms with Gasteiger partial charge in [-0.05, 0) is 61.2 Å². The molecule has 3 saturated carbocycles. The van der Waals surface area contributed by atoms with E-state index in [1.165, 1.54) is 25.7 Å². The molecule has 4 aliphatic rings. The molecule has 6 atom stereocenters. The van der Waals surface area contributed by atoms with Gasteiger partial charge in [0.2, 0.25) is 0 Å². The van der Waals surface area contributed by atoms with E-state index >= 15 is 0 Å². The second kappa shape index (κ2) is 2.39. The van der Waals surface area contributed by atoms with Crippen LogP contribution in [-0.2, 0) is 4.74 Å². The summed E-state index contributed by atoms with van der Waals surface area (Å²) in [5.74, 6) is 2.75. The third kappa shape index (κ3) is 0.805. The van der Waals surface area contributed by atoms with Crippen LogP contribution in [0.15, 0.2) is 0 Å². The molecule has 1 heteroatoms. The van der Waals surface area contributed by atoms with Crippen LogP contribution >= 0.6 is 0 Å². The van der Waals surface area contributed by atoms with E-state index < -0.39 is 0 Å². The van der Waals surface area contributed by atoms with Gasteiger partial charge in [-0.3, -0.25) is 0 Å². The van der Waals surface area contributed by atoms with Crippen LogP contribution in [0.2, 0.25) is 0 Å². The largest absolute Gasteiger partial charge is 0.366 e. The predicted octanol–water partition coefficient (Wildman–Crippen LogP) is 3.63. The van der Waals surface area contributed by atoms with Crippen LogP contribution in [0.3, 0.4) is 0 Å². The van der Waals surface area contributed by atoms with E-state index in [2.05, 4.69) is 27.7 Å². The first kappa shape index (κ1) is 9.94. The van der Waals surface area contributed by atoms with Crippen LogP contribution in [0, 0.1) is 28.6 Å². The van der Waals surface area contributed by atoms with Crippen molar-refractivity contribution in [3.8, 4) is 0 Å². The van der Waals surface area contributed by atoms with Crippen LogP contribution in [-0.4, -0.2) is 11.7 Å². The first-order valence-corrected chi connectivity index (χ1v) is 7.09. The Balaban J connectivity index is 1.85. The number of ether oxygens (including phenoxy) is 1. The molecule has 0 aromatic rings. The smallest absolute Gasteiger partial charge is 0.0954 e. The molecule has 90 valence electrons. The zero-order chi connectivity index (χ0) is 11.3. The van der Waals surface area contributed by atoms with Gasteiger partial charge in [0.1, 0.15) is 0 Å². The third-order valence-electron chi connectivity index (χ3n) is 7.18. The Bertz CT molecular complexity index is 356. The quantitative estimate of drug-likeness (QED) is 0.568. The van der Waals surface area contributed by atoms with Crippen molar-refractivity contribution < 1.29 is 4.74 Å². The maximum atomic E-state index is 6.09. The second-order valence-electron chi connectivity index (χ2n) is 7.84. The molecular formula is C15H24O. The number of rotatable bonds is 0. The van der Waals surface area contributed by atoms with Crippen molar-refractivity contribution in [1.29, 1.82) is 0 Å². The lowest BCUT2D eigenvalue weighted by molar-refractivity contribution is 0.0866. The second-order valence-corrected chi connectivity index (χ2v) is 7.84. The van der Waals surface area contributed by atoms with Crippen molar-refractivity contribution in [3.05, 3.63) is 0 Å². The zero-order valence-electron chi connectivity index (χ0n) is 11.0. The minimum absolute atomic E-state index is 0.263. The van der Waals surface area contributed by atoms with Crippen molar-refractivity contribution in [1.82, 2.24) is 0 Å². The molecule has 0 amide bonds. The molecule has 0 aromatic carbocycles. The summed E-state index contributed by atoms with van der Waals surface area (Å²) in [6, 6.07) is 0. The lowest BCUT2D eigenvalue weighted by Crippen LogP contribution is -2.36. The van der Waals surface area contributed by atoms with E-state index in [0.717, 1.165) is 17.8 Å². The maximum Gasteiger partial charge on any atom is 0.0954 e. The lowest BCUT2D eigenvalue weighted by Gasteiger charge is -2.37. The van der Waals surface area contributed by atoms with E-state index in [1.54, 1.807) is 0 Å². The lowest BCUT2D eigenvalue weighted by atomic mass is 9.66. The van der Waals surface area contributed by atoms with Gasteiger partial charge in [-0.15, -0.1) is 0 Å². The van der Waals surface area contributed by atoms with E-state index in [1.807, 2.05) is 0 Å². The van der Waals surface area contributed by atoms with Crippen molar-refractivity contribution in [2.24, 2.45) is 28.6 Å². The van der Waals surface area contributed by atoms with Crippen LogP contribution in [0.1, 0.15) is 53.4 Å². The minimum atomic E-state index is 0.263. The Hall–Kier alpha value is -0.0400. The minimum Gasteiger partial charge on any atom is -0.366 e. The summed E-state index contributed by atoms with van der Waals surface area (Å²) < 4.78 is 6.09. The van der Waals surface area contributed by atoms with Gasteiger partial charge in [-0.2, -0.15) is 0 Å². The zero-order valence-corrected chi connectivity index (χ0v) is 11.0. The molecular weight excluding hydrogens is 196 g/mol. The molecule has 0 N–H and O–H groups in total. The fourth-order valence-corrected chi connectivity index (χ4v) is 6.21. The van der Waals surface area contributed by atoms with Crippen LogP contribution in [0.5, 0.6) is 0 Å². The number of hydrogen-bond donors (Lipinski definition) is 0. The van der Waals surface area contributed by atoms with Gasteiger partial charge < -0.3 is 4.74 Å². The average molecular weight is 220 g/mol. The molecule has 1 heterocycles. The summed E-state index contributed by atoms with van der Waals surface area (Å²) in [4.78, 5) is 0. The van der Waals surface area contributed by atoms with Crippen LogP contribution < -0.4 is 0 Å². The van der Waals surface area contributed by atoms with Gasteiger partial charge in [0.15, 0.2) is 0 Å². The highest BCUT2D eigenvalue weighted by molar-refractivity contribution is 5.24. The molecule has 16 heavy (non-hydrogen) atoms. The Morgan fingerprint density at radius 3 is 2.50 bits per heavy atom. The predicted molar refractivity (Wildman–Crippen MR) is 64.1 cm³/mol. The molecule has 1 nitrogen and oxygen atoms in total. The number of fused-ring (bicyclic) bond motifs is 3.